The average Bonchev–Trinajstić information content (AvgIpc) is 3.66. The molecular formula is C24H35F2N3O2S. The molecule has 0 amide bonds. The van der Waals surface area contributed by atoms with Crippen LogP contribution in [-0.4, -0.2) is 68.7 Å². The molecule has 2 aliphatic carbocycles. The molecule has 4 aliphatic rings. The van der Waals surface area contributed by atoms with Crippen LogP contribution in [0.15, 0.2) is 24.3 Å². The fourth-order valence-electron chi connectivity index (χ4n) is 6.27. The number of fused-ring (bicyclic) bond motifs is 1. The van der Waals surface area contributed by atoms with Gasteiger partial charge in [-0.2, -0.15) is 0 Å². The Kier molecular flexibility index (Phi) is 5.78. The van der Waals surface area contributed by atoms with E-state index in [0.29, 0.717) is 30.6 Å². The zero-order valence-corrected chi connectivity index (χ0v) is 19.7. The van der Waals surface area contributed by atoms with Crippen LogP contribution in [0.4, 0.5) is 14.5 Å². The minimum Gasteiger partial charge on any atom is -0.303 e. The van der Waals surface area contributed by atoms with Crippen LogP contribution in [0, 0.1) is 11.8 Å². The Labute approximate surface area is 190 Å². The molecule has 0 radical (unpaired) electrons. The monoisotopic (exact) mass is 467 g/mol. The number of hydrogen-bond donors (Lipinski definition) is 1. The minimum atomic E-state index is -3.25. The summed E-state index contributed by atoms with van der Waals surface area (Å²) in [5.41, 5.74) is 2.12. The van der Waals surface area contributed by atoms with Gasteiger partial charge in [0.05, 0.1) is 5.25 Å². The van der Waals surface area contributed by atoms with Crippen molar-refractivity contribution in [3.05, 3.63) is 29.8 Å². The van der Waals surface area contributed by atoms with E-state index in [1.807, 2.05) is 12.1 Å². The van der Waals surface area contributed by atoms with E-state index in [-0.39, 0.29) is 23.5 Å². The van der Waals surface area contributed by atoms with E-state index in [9.17, 15) is 17.2 Å². The number of hydrogen-bond acceptors (Lipinski definition) is 4. The fourth-order valence-corrected chi connectivity index (χ4v) is 7.65. The highest BCUT2D eigenvalue weighted by atomic mass is 32.2. The van der Waals surface area contributed by atoms with Gasteiger partial charge in [-0.1, -0.05) is 19.1 Å². The van der Waals surface area contributed by atoms with E-state index in [1.165, 1.54) is 5.56 Å². The van der Waals surface area contributed by atoms with Crippen LogP contribution >= 0.6 is 0 Å². The first-order valence-corrected chi connectivity index (χ1v) is 13.7. The Hall–Kier alpha value is -1.25. The summed E-state index contributed by atoms with van der Waals surface area (Å²) in [6, 6.07) is 8.05. The molecule has 2 saturated carbocycles. The molecule has 0 unspecified atom stereocenters. The van der Waals surface area contributed by atoms with Crippen LogP contribution in [0.25, 0.3) is 0 Å². The third kappa shape index (κ3) is 4.30. The van der Waals surface area contributed by atoms with E-state index in [2.05, 4.69) is 33.6 Å². The third-order valence-corrected chi connectivity index (χ3v) is 10.2. The quantitative estimate of drug-likeness (QED) is 0.598. The van der Waals surface area contributed by atoms with Crippen molar-refractivity contribution >= 4 is 15.7 Å². The van der Waals surface area contributed by atoms with Crippen LogP contribution in [0.1, 0.15) is 51.0 Å². The second-order valence-corrected chi connectivity index (χ2v) is 12.3. The number of likely N-dealkylation sites (tertiary alicyclic amines) is 2. The van der Waals surface area contributed by atoms with Crippen LogP contribution in [0.5, 0.6) is 0 Å². The normalized spacial score (nSPS) is 32.6. The van der Waals surface area contributed by atoms with E-state index in [4.69, 9.17) is 0 Å². The summed E-state index contributed by atoms with van der Waals surface area (Å²) < 4.78 is 54.1. The van der Waals surface area contributed by atoms with Gasteiger partial charge in [-0.3, -0.25) is 4.72 Å². The second kappa shape index (κ2) is 8.20. The maximum atomic E-state index is 13.3. The van der Waals surface area contributed by atoms with E-state index in [0.717, 1.165) is 51.9 Å². The van der Waals surface area contributed by atoms with Gasteiger partial charge in [0.25, 0.3) is 5.92 Å². The zero-order valence-electron chi connectivity index (χ0n) is 18.9. The standard InChI is InChI=1S/C24H35F2N3O2S/c1-2-24(18-5-3-6-19(15-18)27-32(30,31)20-7-8-20)21-16-29(17-22(21)24)12-4-11-28-13-9-23(25,26)10-14-28/h3,5-6,15,20-22,27H,2,4,7-14,16-17H2,1H3/t21-,22+,24+. The number of sulfonamides is 1. The lowest BCUT2D eigenvalue weighted by Gasteiger charge is -2.32. The van der Waals surface area contributed by atoms with Gasteiger partial charge < -0.3 is 9.80 Å². The van der Waals surface area contributed by atoms with Gasteiger partial charge in [-0.15, -0.1) is 0 Å². The van der Waals surface area contributed by atoms with Crippen molar-refractivity contribution < 1.29 is 17.2 Å². The number of nitrogens with zero attached hydrogens (tertiary/aromatic N) is 2. The van der Waals surface area contributed by atoms with Crippen molar-refractivity contribution in [2.24, 2.45) is 11.8 Å². The molecule has 3 atom stereocenters. The van der Waals surface area contributed by atoms with Gasteiger partial charge in [0.15, 0.2) is 0 Å². The summed E-state index contributed by atoms with van der Waals surface area (Å²) in [7, 11) is -3.25. The molecule has 4 fully saturated rings. The molecule has 0 spiro atoms. The summed E-state index contributed by atoms with van der Waals surface area (Å²) in [4.78, 5) is 4.71. The average molecular weight is 468 g/mol. The maximum absolute atomic E-state index is 13.3. The highest BCUT2D eigenvalue weighted by Gasteiger charge is 2.67. The van der Waals surface area contributed by atoms with Crippen LogP contribution < -0.4 is 4.72 Å². The first-order chi connectivity index (χ1) is 15.2. The van der Waals surface area contributed by atoms with Gasteiger partial charge in [-0.05, 0) is 68.3 Å². The van der Waals surface area contributed by atoms with Crippen molar-refractivity contribution in [1.29, 1.82) is 0 Å². The Balaban J connectivity index is 1.14. The predicted molar refractivity (Wildman–Crippen MR) is 123 cm³/mol. The number of anilines is 1. The Morgan fingerprint density at radius 3 is 2.34 bits per heavy atom. The molecule has 2 aliphatic heterocycles. The highest BCUT2D eigenvalue weighted by Crippen LogP contribution is 2.65. The molecule has 5 nitrogen and oxygen atoms in total. The van der Waals surface area contributed by atoms with Crippen molar-refractivity contribution in [1.82, 2.24) is 9.80 Å². The molecule has 178 valence electrons. The van der Waals surface area contributed by atoms with Crippen LogP contribution in [0.2, 0.25) is 0 Å². The van der Waals surface area contributed by atoms with Crippen molar-refractivity contribution in [3.63, 3.8) is 0 Å². The topological polar surface area (TPSA) is 52.7 Å². The van der Waals surface area contributed by atoms with E-state index >= 15 is 0 Å². The molecule has 0 aromatic heterocycles. The molecule has 1 N–H and O–H groups in total. The molecule has 32 heavy (non-hydrogen) atoms. The van der Waals surface area contributed by atoms with Gasteiger partial charge in [0.2, 0.25) is 10.0 Å². The molecule has 2 heterocycles. The largest absolute Gasteiger partial charge is 0.303 e. The lowest BCUT2D eigenvalue weighted by atomic mass is 9.87. The number of nitrogens with one attached hydrogen (secondary N) is 1. The third-order valence-electron chi connectivity index (χ3n) is 8.35. The SMILES string of the molecule is CC[C@]1(c2cccc(NS(=O)(=O)C3CC3)c2)[C@@H]2CN(CCCN3CCC(F)(F)CC3)C[C@@H]21. The number of piperidine rings is 2. The van der Waals surface area contributed by atoms with Gasteiger partial charge in [-0.25, -0.2) is 17.2 Å². The molecule has 8 heteroatoms. The smallest absolute Gasteiger partial charge is 0.250 e. The Morgan fingerprint density at radius 1 is 1.06 bits per heavy atom. The van der Waals surface area contributed by atoms with Crippen molar-refractivity contribution in [2.45, 2.75) is 62.0 Å². The summed E-state index contributed by atoms with van der Waals surface area (Å²) in [5, 5.41) is -0.221. The number of benzene rings is 1. The van der Waals surface area contributed by atoms with Gasteiger partial charge in [0, 0.05) is 50.1 Å². The summed E-state index contributed by atoms with van der Waals surface area (Å²) in [6.07, 6.45) is 3.61. The molecule has 2 saturated heterocycles. The second-order valence-electron chi connectivity index (χ2n) is 10.3. The minimum absolute atomic E-state index is 0.00421. The number of rotatable bonds is 9. The summed E-state index contributed by atoms with van der Waals surface area (Å²) in [6.45, 7) is 7.36. The van der Waals surface area contributed by atoms with E-state index < -0.39 is 15.9 Å². The first-order valence-electron chi connectivity index (χ1n) is 12.2. The molecule has 1 aromatic carbocycles. The van der Waals surface area contributed by atoms with Gasteiger partial charge in [0.1, 0.15) is 0 Å². The van der Waals surface area contributed by atoms with Gasteiger partial charge >= 0.3 is 0 Å². The highest BCUT2D eigenvalue weighted by molar-refractivity contribution is 7.93. The summed E-state index contributed by atoms with van der Waals surface area (Å²) in [5.74, 6) is -1.22. The number of halogens is 2. The fraction of sp³-hybridized carbons (Fsp3) is 0.750. The van der Waals surface area contributed by atoms with Crippen molar-refractivity contribution in [2.75, 3.05) is 44.0 Å². The van der Waals surface area contributed by atoms with Crippen LogP contribution in [-0.2, 0) is 15.4 Å². The number of alkyl halides is 2. The van der Waals surface area contributed by atoms with Crippen LogP contribution in [0.3, 0.4) is 0 Å². The first kappa shape index (κ1) is 22.5. The molecule has 5 rings (SSSR count). The van der Waals surface area contributed by atoms with E-state index in [1.54, 1.807) is 0 Å². The zero-order chi connectivity index (χ0) is 22.6. The molecule has 1 aromatic rings. The molecule has 0 bridgehead atoms. The molecular weight excluding hydrogens is 432 g/mol. The Morgan fingerprint density at radius 2 is 1.72 bits per heavy atom. The lowest BCUT2D eigenvalue weighted by Crippen LogP contribution is -2.40. The Bertz CT molecular complexity index is 928. The van der Waals surface area contributed by atoms with Crippen molar-refractivity contribution in [3.8, 4) is 0 Å². The maximum Gasteiger partial charge on any atom is 0.250 e. The lowest BCUT2D eigenvalue weighted by molar-refractivity contribution is -0.0553. The predicted octanol–water partition coefficient (Wildman–Crippen LogP) is 3.92. The summed E-state index contributed by atoms with van der Waals surface area (Å²) >= 11 is 0.